The minimum atomic E-state index is 0.0734. The van der Waals surface area contributed by atoms with Gasteiger partial charge in [-0.15, -0.1) is 0 Å². The maximum atomic E-state index is 13.0. The van der Waals surface area contributed by atoms with Crippen LogP contribution < -0.4 is 5.32 Å². The van der Waals surface area contributed by atoms with Gasteiger partial charge in [-0.2, -0.15) is 0 Å². The summed E-state index contributed by atoms with van der Waals surface area (Å²) in [6, 6.07) is 0.785. The molecule has 2 saturated carbocycles. The van der Waals surface area contributed by atoms with E-state index in [9.17, 15) is 4.79 Å². The van der Waals surface area contributed by atoms with Crippen LogP contribution in [0, 0.1) is 11.8 Å². The van der Waals surface area contributed by atoms with Crippen molar-refractivity contribution in [1.29, 1.82) is 0 Å². The van der Waals surface area contributed by atoms with Crippen molar-refractivity contribution in [2.75, 3.05) is 6.61 Å². The summed E-state index contributed by atoms with van der Waals surface area (Å²) in [7, 11) is 0. The van der Waals surface area contributed by atoms with E-state index in [0.29, 0.717) is 11.8 Å². The van der Waals surface area contributed by atoms with Crippen molar-refractivity contribution in [2.24, 2.45) is 11.8 Å². The first-order valence-electron chi connectivity index (χ1n) is 9.20. The van der Waals surface area contributed by atoms with E-state index in [4.69, 9.17) is 4.74 Å². The summed E-state index contributed by atoms with van der Waals surface area (Å²) in [6.45, 7) is 0.802. The Morgan fingerprint density at radius 1 is 1.05 bits per heavy atom. The lowest BCUT2D eigenvalue weighted by Crippen LogP contribution is -2.45. The molecule has 3 heteroatoms. The third kappa shape index (κ3) is 2.68. The second-order valence-electron chi connectivity index (χ2n) is 7.94. The van der Waals surface area contributed by atoms with E-state index in [-0.39, 0.29) is 17.6 Å². The predicted octanol–water partition coefficient (Wildman–Crippen LogP) is 3.22. The Labute approximate surface area is 128 Å². The first-order chi connectivity index (χ1) is 10.3. The zero-order valence-corrected chi connectivity index (χ0v) is 13.1. The van der Waals surface area contributed by atoms with Crippen molar-refractivity contribution in [3.05, 3.63) is 0 Å². The molecule has 2 aliphatic heterocycles. The lowest BCUT2D eigenvalue weighted by molar-refractivity contribution is -0.138. The smallest absolute Gasteiger partial charge is 0.153 e. The Balaban J connectivity index is 1.40. The highest BCUT2D eigenvalue weighted by atomic mass is 16.5. The van der Waals surface area contributed by atoms with Crippen LogP contribution in [0.5, 0.6) is 0 Å². The van der Waals surface area contributed by atoms with Gasteiger partial charge in [-0.3, -0.25) is 4.79 Å². The Morgan fingerprint density at radius 3 is 2.67 bits per heavy atom. The summed E-state index contributed by atoms with van der Waals surface area (Å²) >= 11 is 0. The SMILES string of the molecule is O=C(C1CCOC2(CCCC2)C1)C1CC2CCCCC2N1. The van der Waals surface area contributed by atoms with Crippen LogP contribution in [-0.2, 0) is 9.53 Å². The monoisotopic (exact) mass is 291 g/mol. The van der Waals surface area contributed by atoms with E-state index in [1.807, 2.05) is 0 Å². The van der Waals surface area contributed by atoms with Gasteiger partial charge in [0.05, 0.1) is 11.6 Å². The van der Waals surface area contributed by atoms with Crippen LogP contribution >= 0.6 is 0 Å². The maximum absolute atomic E-state index is 13.0. The summed E-state index contributed by atoms with van der Waals surface area (Å²) in [4.78, 5) is 13.0. The molecule has 0 aromatic heterocycles. The number of ketones is 1. The van der Waals surface area contributed by atoms with Crippen LogP contribution in [0.25, 0.3) is 0 Å². The Hall–Kier alpha value is -0.410. The first kappa shape index (κ1) is 14.2. The fraction of sp³-hybridized carbons (Fsp3) is 0.944. The number of fused-ring (bicyclic) bond motifs is 1. The van der Waals surface area contributed by atoms with E-state index in [1.54, 1.807) is 0 Å². The van der Waals surface area contributed by atoms with Crippen LogP contribution in [0.1, 0.15) is 70.6 Å². The van der Waals surface area contributed by atoms with Crippen LogP contribution in [0.3, 0.4) is 0 Å². The van der Waals surface area contributed by atoms with Gasteiger partial charge < -0.3 is 10.1 Å². The predicted molar refractivity (Wildman–Crippen MR) is 82.2 cm³/mol. The minimum Gasteiger partial charge on any atom is -0.375 e. The first-order valence-corrected chi connectivity index (χ1v) is 9.20. The fourth-order valence-corrected chi connectivity index (χ4v) is 5.46. The van der Waals surface area contributed by atoms with Gasteiger partial charge in [0.15, 0.2) is 5.78 Å². The molecule has 4 atom stereocenters. The van der Waals surface area contributed by atoms with Gasteiger partial charge in [-0.05, 0) is 50.9 Å². The van der Waals surface area contributed by atoms with Crippen molar-refractivity contribution < 1.29 is 9.53 Å². The molecule has 2 heterocycles. The van der Waals surface area contributed by atoms with E-state index in [0.717, 1.165) is 31.8 Å². The number of nitrogens with one attached hydrogen (secondary N) is 1. The minimum absolute atomic E-state index is 0.0734. The van der Waals surface area contributed by atoms with Gasteiger partial charge in [-0.25, -0.2) is 0 Å². The molecule has 118 valence electrons. The number of hydrogen-bond donors (Lipinski definition) is 1. The molecule has 0 aromatic carbocycles. The average molecular weight is 291 g/mol. The summed E-state index contributed by atoms with van der Waals surface area (Å²) in [6.07, 6.45) is 13.3. The summed E-state index contributed by atoms with van der Waals surface area (Å²) < 4.78 is 6.09. The van der Waals surface area contributed by atoms with Crippen molar-refractivity contribution in [3.63, 3.8) is 0 Å². The molecule has 0 radical (unpaired) electrons. The van der Waals surface area contributed by atoms with E-state index in [2.05, 4.69) is 5.32 Å². The number of Topliss-reactive ketones (excluding diaryl/α,β-unsaturated/α-hetero) is 1. The van der Waals surface area contributed by atoms with E-state index < -0.39 is 0 Å². The zero-order valence-electron chi connectivity index (χ0n) is 13.1. The van der Waals surface area contributed by atoms with E-state index in [1.165, 1.54) is 51.4 Å². The van der Waals surface area contributed by atoms with Crippen molar-refractivity contribution in [1.82, 2.24) is 5.32 Å². The second-order valence-corrected chi connectivity index (χ2v) is 7.94. The Bertz CT molecular complexity index is 388. The lowest BCUT2D eigenvalue weighted by atomic mass is 9.79. The standard InChI is InChI=1S/C18H29NO2/c20-17(16-11-13-5-1-2-6-15(13)19-16)14-7-10-21-18(12-14)8-3-4-9-18/h13-16,19H,1-12H2. The molecule has 4 rings (SSSR count). The molecule has 3 nitrogen and oxygen atoms in total. The van der Waals surface area contributed by atoms with Gasteiger partial charge in [0.25, 0.3) is 0 Å². The van der Waals surface area contributed by atoms with Crippen molar-refractivity contribution in [2.45, 2.75) is 88.3 Å². The normalized spacial score (nSPS) is 42.1. The highest BCUT2D eigenvalue weighted by Crippen LogP contribution is 2.43. The molecule has 4 unspecified atom stereocenters. The Kier molecular flexibility index (Phi) is 3.83. The van der Waals surface area contributed by atoms with Crippen molar-refractivity contribution >= 4 is 5.78 Å². The molecule has 1 spiro atoms. The molecular weight excluding hydrogens is 262 g/mol. The molecular formula is C18H29NO2. The van der Waals surface area contributed by atoms with Gasteiger partial charge in [-0.1, -0.05) is 25.7 Å². The van der Waals surface area contributed by atoms with Gasteiger partial charge in [0.2, 0.25) is 0 Å². The van der Waals surface area contributed by atoms with Gasteiger partial charge in [0.1, 0.15) is 0 Å². The molecule has 2 aliphatic carbocycles. The molecule has 4 aliphatic rings. The van der Waals surface area contributed by atoms with Gasteiger partial charge >= 0.3 is 0 Å². The quantitative estimate of drug-likeness (QED) is 0.849. The number of ether oxygens (including phenoxy) is 1. The highest BCUT2D eigenvalue weighted by Gasteiger charge is 2.45. The number of rotatable bonds is 2. The third-order valence-electron chi connectivity index (χ3n) is 6.62. The molecule has 21 heavy (non-hydrogen) atoms. The summed E-state index contributed by atoms with van der Waals surface area (Å²) in [5.74, 6) is 1.54. The van der Waals surface area contributed by atoms with E-state index >= 15 is 0 Å². The number of carbonyl (C=O) groups excluding carboxylic acids is 1. The molecule has 0 amide bonds. The highest BCUT2D eigenvalue weighted by molar-refractivity contribution is 5.87. The lowest BCUT2D eigenvalue weighted by Gasteiger charge is -2.38. The van der Waals surface area contributed by atoms with Gasteiger partial charge in [0, 0.05) is 18.6 Å². The maximum Gasteiger partial charge on any atom is 0.153 e. The van der Waals surface area contributed by atoms with Crippen LogP contribution in [0.4, 0.5) is 0 Å². The number of hydrogen-bond acceptors (Lipinski definition) is 3. The Morgan fingerprint density at radius 2 is 1.86 bits per heavy atom. The topological polar surface area (TPSA) is 38.3 Å². The molecule has 1 N–H and O–H groups in total. The molecule has 4 fully saturated rings. The zero-order chi connectivity index (χ0) is 14.3. The molecule has 0 bridgehead atoms. The number of carbonyl (C=O) groups is 1. The molecule has 2 saturated heterocycles. The average Bonchev–Trinajstić information content (AvgIpc) is 3.13. The largest absolute Gasteiger partial charge is 0.375 e. The third-order valence-corrected chi connectivity index (χ3v) is 6.62. The van der Waals surface area contributed by atoms with Crippen LogP contribution in [-0.4, -0.2) is 30.1 Å². The fourth-order valence-electron chi connectivity index (χ4n) is 5.46. The summed E-state index contributed by atoms with van der Waals surface area (Å²) in [5.41, 5.74) is 0.0734. The second kappa shape index (κ2) is 5.66. The summed E-state index contributed by atoms with van der Waals surface area (Å²) in [5, 5.41) is 3.68. The van der Waals surface area contributed by atoms with Crippen LogP contribution in [0.2, 0.25) is 0 Å². The van der Waals surface area contributed by atoms with Crippen molar-refractivity contribution in [3.8, 4) is 0 Å². The molecule has 0 aromatic rings. The van der Waals surface area contributed by atoms with Crippen LogP contribution in [0.15, 0.2) is 0 Å².